The highest BCUT2D eigenvalue weighted by atomic mass is 16.7. The largest absolute Gasteiger partial charge is 0.497 e. The smallest absolute Gasteiger partial charge is 0.220 e. The van der Waals surface area contributed by atoms with Crippen LogP contribution in [0.5, 0.6) is 5.75 Å². The van der Waals surface area contributed by atoms with Crippen LogP contribution in [0.15, 0.2) is 24.3 Å². The molecule has 132 valence electrons. The van der Waals surface area contributed by atoms with E-state index in [2.05, 4.69) is 5.32 Å². The minimum atomic E-state index is -0.586. The molecule has 1 heterocycles. The number of hydrogen-bond donors (Lipinski definition) is 1. The van der Waals surface area contributed by atoms with E-state index < -0.39 is 5.79 Å². The van der Waals surface area contributed by atoms with Gasteiger partial charge in [-0.1, -0.05) is 0 Å². The number of benzene rings is 1. The van der Waals surface area contributed by atoms with Gasteiger partial charge in [-0.05, 0) is 37.6 Å². The van der Waals surface area contributed by atoms with Crippen LogP contribution in [0.4, 0.5) is 0 Å². The summed E-state index contributed by atoms with van der Waals surface area (Å²) in [5, 5.41) is 2.84. The second-order valence-corrected chi connectivity index (χ2v) is 5.94. The Bertz CT molecular complexity index is 549. The van der Waals surface area contributed by atoms with E-state index in [-0.39, 0.29) is 11.7 Å². The van der Waals surface area contributed by atoms with E-state index in [1.807, 2.05) is 6.92 Å². The molecule has 0 bridgehead atoms. The van der Waals surface area contributed by atoms with Crippen molar-refractivity contribution < 1.29 is 23.8 Å². The molecule has 1 N–H and O–H groups in total. The minimum absolute atomic E-state index is 0.0331. The van der Waals surface area contributed by atoms with Gasteiger partial charge in [0.25, 0.3) is 0 Å². The van der Waals surface area contributed by atoms with Gasteiger partial charge in [-0.3, -0.25) is 9.59 Å². The number of hydrogen-bond acceptors (Lipinski definition) is 5. The van der Waals surface area contributed by atoms with Crippen molar-refractivity contribution in [2.24, 2.45) is 0 Å². The maximum Gasteiger partial charge on any atom is 0.220 e. The second-order valence-electron chi connectivity index (χ2n) is 5.94. The van der Waals surface area contributed by atoms with E-state index in [1.54, 1.807) is 31.4 Å². The summed E-state index contributed by atoms with van der Waals surface area (Å²) < 4.78 is 16.0. The zero-order chi connectivity index (χ0) is 17.4. The highest BCUT2D eigenvalue weighted by Crippen LogP contribution is 2.21. The van der Waals surface area contributed by atoms with Crippen molar-refractivity contribution in [2.75, 3.05) is 26.9 Å². The zero-order valence-corrected chi connectivity index (χ0v) is 14.3. The molecule has 1 aliphatic rings. The normalized spacial score (nSPS) is 15.9. The molecule has 6 heteroatoms. The van der Waals surface area contributed by atoms with Crippen LogP contribution < -0.4 is 10.1 Å². The van der Waals surface area contributed by atoms with Crippen LogP contribution >= 0.6 is 0 Å². The predicted octanol–water partition coefficient (Wildman–Crippen LogP) is 2.32. The molecule has 1 saturated heterocycles. The van der Waals surface area contributed by atoms with Crippen LogP contribution in [-0.4, -0.2) is 44.3 Å². The maximum absolute atomic E-state index is 12.1. The lowest BCUT2D eigenvalue weighted by atomic mass is 10.1. The van der Waals surface area contributed by atoms with E-state index >= 15 is 0 Å². The van der Waals surface area contributed by atoms with Crippen LogP contribution in [0.3, 0.4) is 0 Å². The van der Waals surface area contributed by atoms with Crippen molar-refractivity contribution in [3.05, 3.63) is 29.8 Å². The Kier molecular flexibility index (Phi) is 6.75. The third kappa shape index (κ3) is 5.62. The molecule has 1 aromatic carbocycles. The molecule has 1 fully saturated rings. The van der Waals surface area contributed by atoms with Gasteiger partial charge in [0.2, 0.25) is 5.91 Å². The van der Waals surface area contributed by atoms with E-state index in [1.165, 1.54) is 0 Å². The highest BCUT2D eigenvalue weighted by Gasteiger charge is 2.30. The molecular formula is C18H25NO5. The number of rotatable bonds is 9. The average molecular weight is 335 g/mol. The number of ether oxygens (including phenoxy) is 3. The topological polar surface area (TPSA) is 73.9 Å². The predicted molar refractivity (Wildman–Crippen MR) is 89.1 cm³/mol. The molecule has 0 saturated carbocycles. The molecule has 2 rings (SSSR count). The summed E-state index contributed by atoms with van der Waals surface area (Å²) in [6, 6.07) is 6.99. The Balaban J connectivity index is 1.62. The monoisotopic (exact) mass is 335 g/mol. The molecule has 0 unspecified atom stereocenters. The summed E-state index contributed by atoms with van der Waals surface area (Å²) in [7, 11) is 1.58. The molecule has 0 aromatic heterocycles. The van der Waals surface area contributed by atoms with Crippen molar-refractivity contribution in [2.45, 2.75) is 38.4 Å². The van der Waals surface area contributed by atoms with E-state index in [9.17, 15) is 9.59 Å². The lowest BCUT2D eigenvalue weighted by Gasteiger charge is -2.22. The van der Waals surface area contributed by atoms with Gasteiger partial charge in [0.15, 0.2) is 11.6 Å². The summed E-state index contributed by atoms with van der Waals surface area (Å²) in [5.41, 5.74) is 0.639. The van der Waals surface area contributed by atoms with Gasteiger partial charge in [-0.15, -0.1) is 0 Å². The summed E-state index contributed by atoms with van der Waals surface area (Å²) in [5.74, 6) is 0.108. The lowest BCUT2D eigenvalue weighted by molar-refractivity contribution is -0.146. The third-order valence-corrected chi connectivity index (χ3v) is 4.02. The second kappa shape index (κ2) is 8.80. The Morgan fingerprint density at radius 1 is 1.17 bits per heavy atom. The van der Waals surface area contributed by atoms with Crippen molar-refractivity contribution >= 4 is 11.7 Å². The Hall–Kier alpha value is -1.92. The van der Waals surface area contributed by atoms with Gasteiger partial charge in [-0.25, -0.2) is 0 Å². The molecule has 0 atom stereocenters. The van der Waals surface area contributed by atoms with Gasteiger partial charge < -0.3 is 19.5 Å². The van der Waals surface area contributed by atoms with Crippen LogP contribution in [0, 0.1) is 0 Å². The summed E-state index contributed by atoms with van der Waals surface area (Å²) >= 11 is 0. The number of carbonyl (C=O) groups excluding carboxylic acids is 2. The first-order valence-corrected chi connectivity index (χ1v) is 8.24. The first kappa shape index (κ1) is 18.4. The van der Waals surface area contributed by atoms with Gasteiger partial charge in [0.1, 0.15) is 5.75 Å². The SMILES string of the molecule is COc1ccc(C(=O)CCCC(=O)NCCC2(C)OCCO2)cc1. The summed E-state index contributed by atoms with van der Waals surface area (Å²) in [6.45, 7) is 3.57. The molecule has 1 aliphatic heterocycles. The number of Topliss-reactive ketones (excluding diaryl/α,β-unsaturated/α-hetero) is 1. The number of amides is 1. The third-order valence-electron chi connectivity index (χ3n) is 4.02. The molecule has 0 spiro atoms. The number of nitrogens with one attached hydrogen (secondary N) is 1. The van der Waals surface area contributed by atoms with Crippen molar-refractivity contribution in [3.8, 4) is 5.75 Å². The first-order valence-electron chi connectivity index (χ1n) is 8.24. The van der Waals surface area contributed by atoms with Gasteiger partial charge in [0, 0.05) is 31.4 Å². The van der Waals surface area contributed by atoms with Crippen LogP contribution in [0.2, 0.25) is 0 Å². The van der Waals surface area contributed by atoms with E-state index in [0.717, 1.165) is 5.75 Å². The van der Waals surface area contributed by atoms with Gasteiger partial charge >= 0.3 is 0 Å². The summed E-state index contributed by atoms with van der Waals surface area (Å²) in [4.78, 5) is 23.9. The zero-order valence-electron chi connectivity index (χ0n) is 14.3. The fourth-order valence-corrected chi connectivity index (χ4v) is 2.55. The fraction of sp³-hybridized carbons (Fsp3) is 0.556. The van der Waals surface area contributed by atoms with Crippen molar-refractivity contribution in [1.29, 1.82) is 0 Å². The number of ketones is 1. The molecule has 6 nitrogen and oxygen atoms in total. The fourth-order valence-electron chi connectivity index (χ4n) is 2.55. The Labute approximate surface area is 142 Å². The van der Waals surface area contributed by atoms with Crippen LogP contribution in [0.1, 0.15) is 43.0 Å². The molecule has 0 radical (unpaired) electrons. The van der Waals surface area contributed by atoms with Crippen LogP contribution in [0.25, 0.3) is 0 Å². The van der Waals surface area contributed by atoms with Crippen molar-refractivity contribution in [3.63, 3.8) is 0 Å². The molecule has 1 aromatic rings. The Morgan fingerprint density at radius 3 is 2.46 bits per heavy atom. The highest BCUT2D eigenvalue weighted by molar-refractivity contribution is 5.96. The number of carbonyl (C=O) groups is 2. The van der Waals surface area contributed by atoms with E-state index in [0.29, 0.717) is 51.0 Å². The lowest BCUT2D eigenvalue weighted by Crippen LogP contribution is -2.33. The van der Waals surface area contributed by atoms with Crippen molar-refractivity contribution in [1.82, 2.24) is 5.32 Å². The standard InChI is InChI=1S/C18H25NO5/c1-18(23-12-13-24-18)10-11-19-17(21)5-3-4-16(20)14-6-8-15(22-2)9-7-14/h6-9H,3-5,10-13H2,1-2H3,(H,19,21). The van der Waals surface area contributed by atoms with E-state index in [4.69, 9.17) is 14.2 Å². The van der Waals surface area contributed by atoms with Gasteiger partial charge in [0.05, 0.1) is 20.3 Å². The molecular weight excluding hydrogens is 310 g/mol. The molecule has 0 aliphatic carbocycles. The first-order chi connectivity index (χ1) is 11.5. The maximum atomic E-state index is 12.1. The van der Waals surface area contributed by atoms with Gasteiger partial charge in [-0.2, -0.15) is 0 Å². The minimum Gasteiger partial charge on any atom is -0.497 e. The summed E-state index contributed by atoms with van der Waals surface area (Å²) in [6.07, 6.45) is 1.83. The average Bonchev–Trinajstić information content (AvgIpc) is 3.01. The Morgan fingerprint density at radius 2 is 1.83 bits per heavy atom. The number of methoxy groups -OCH3 is 1. The molecule has 24 heavy (non-hydrogen) atoms. The quantitative estimate of drug-likeness (QED) is 0.701. The van der Waals surface area contributed by atoms with Crippen LogP contribution in [-0.2, 0) is 14.3 Å². The molecule has 1 amide bonds.